The fraction of sp³-hybridized carbons (Fsp3) is 0.455. The number of rotatable bonds is 1. The van der Waals surface area contributed by atoms with E-state index in [9.17, 15) is 0 Å². The van der Waals surface area contributed by atoms with Gasteiger partial charge in [0, 0.05) is 17.3 Å². The van der Waals surface area contributed by atoms with Crippen LogP contribution in [0.3, 0.4) is 0 Å². The summed E-state index contributed by atoms with van der Waals surface area (Å²) in [7, 11) is 0. The molecule has 17 heavy (non-hydrogen) atoms. The first-order valence-electron chi connectivity index (χ1n) is 5.49. The Labute approximate surface area is 108 Å². The molecule has 1 aliphatic heterocycles. The molecule has 0 amide bonds. The van der Waals surface area contributed by atoms with E-state index in [-0.39, 0.29) is 0 Å². The van der Waals surface area contributed by atoms with Crippen molar-refractivity contribution in [2.75, 3.05) is 24.7 Å². The van der Waals surface area contributed by atoms with Crippen molar-refractivity contribution >= 4 is 39.7 Å². The highest BCUT2D eigenvalue weighted by Gasteiger charge is 2.23. The summed E-state index contributed by atoms with van der Waals surface area (Å²) in [6.45, 7) is 4.44. The Kier molecular flexibility index (Phi) is 2.90. The number of nitrogens with zero attached hydrogens (tertiary/aromatic N) is 3. The van der Waals surface area contributed by atoms with E-state index in [1.807, 2.05) is 5.38 Å². The standard InChI is InChI=1S/C11H12ClN3OS/c1-7-4-16-3-2-15(7)10-8-5-17-6-9(8)13-11(12)14-10/h5-7H,2-4H2,1H3. The lowest BCUT2D eigenvalue weighted by atomic mass is 10.2. The van der Waals surface area contributed by atoms with Crippen molar-refractivity contribution in [1.29, 1.82) is 0 Å². The Hall–Kier alpha value is -0.910. The van der Waals surface area contributed by atoms with Gasteiger partial charge in [0.25, 0.3) is 0 Å². The Morgan fingerprint density at radius 3 is 3.18 bits per heavy atom. The first-order chi connectivity index (χ1) is 8.25. The van der Waals surface area contributed by atoms with E-state index in [1.165, 1.54) is 0 Å². The highest BCUT2D eigenvalue weighted by molar-refractivity contribution is 7.09. The van der Waals surface area contributed by atoms with Gasteiger partial charge in [-0.1, -0.05) is 0 Å². The van der Waals surface area contributed by atoms with Crippen molar-refractivity contribution in [3.05, 3.63) is 16.0 Å². The summed E-state index contributed by atoms with van der Waals surface area (Å²) in [6.07, 6.45) is 0. The monoisotopic (exact) mass is 269 g/mol. The molecule has 3 heterocycles. The Balaban J connectivity index is 2.11. The molecule has 1 atom stereocenters. The highest BCUT2D eigenvalue weighted by atomic mass is 35.5. The van der Waals surface area contributed by atoms with Crippen molar-refractivity contribution in [3.63, 3.8) is 0 Å². The number of halogens is 1. The van der Waals surface area contributed by atoms with Gasteiger partial charge >= 0.3 is 0 Å². The quantitative estimate of drug-likeness (QED) is 0.746. The Morgan fingerprint density at radius 2 is 2.35 bits per heavy atom. The van der Waals surface area contributed by atoms with E-state index in [0.717, 1.165) is 36.5 Å². The smallest absolute Gasteiger partial charge is 0.224 e. The number of fused-ring (bicyclic) bond motifs is 1. The van der Waals surface area contributed by atoms with E-state index in [0.29, 0.717) is 11.3 Å². The molecule has 0 bridgehead atoms. The Morgan fingerprint density at radius 1 is 1.47 bits per heavy atom. The SMILES string of the molecule is CC1COCCN1c1nc(Cl)nc2cscc12. The van der Waals surface area contributed by atoms with Gasteiger partial charge in [0.2, 0.25) is 5.28 Å². The third kappa shape index (κ3) is 1.99. The maximum absolute atomic E-state index is 5.97. The van der Waals surface area contributed by atoms with Gasteiger partial charge in [0.05, 0.1) is 30.2 Å². The lowest BCUT2D eigenvalue weighted by Crippen LogP contribution is -2.44. The molecular weight excluding hydrogens is 258 g/mol. The zero-order valence-electron chi connectivity index (χ0n) is 9.39. The summed E-state index contributed by atoms with van der Waals surface area (Å²) < 4.78 is 5.44. The average molecular weight is 270 g/mol. The summed E-state index contributed by atoms with van der Waals surface area (Å²) in [5.41, 5.74) is 0.920. The molecule has 3 rings (SSSR count). The van der Waals surface area contributed by atoms with Gasteiger partial charge < -0.3 is 9.64 Å². The van der Waals surface area contributed by atoms with Crippen molar-refractivity contribution < 1.29 is 4.74 Å². The molecule has 1 saturated heterocycles. The number of hydrogen-bond acceptors (Lipinski definition) is 5. The van der Waals surface area contributed by atoms with Gasteiger partial charge in [0.1, 0.15) is 5.82 Å². The van der Waals surface area contributed by atoms with Crippen LogP contribution in [0.5, 0.6) is 0 Å². The topological polar surface area (TPSA) is 38.2 Å². The second kappa shape index (κ2) is 4.40. The molecule has 0 aliphatic carbocycles. The van der Waals surface area contributed by atoms with Crippen LogP contribution < -0.4 is 4.90 Å². The molecule has 6 heteroatoms. The van der Waals surface area contributed by atoms with Crippen LogP contribution in [0, 0.1) is 0 Å². The molecule has 1 unspecified atom stereocenters. The second-order valence-electron chi connectivity index (χ2n) is 4.10. The third-order valence-electron chi connectivity index (χ3n) is 2.93. The van der Waals surface area contributed by atoms with Crippen molar-refractivity contribution in [2.45, 2.75) is 13.0 Å². The molecule has 0 aromatic carbocycles. The summed E-state index contributed by atoms with van der Waals surface area (Å²) in [6, 6.07) is 0.317. The van der Waals surface area contributed by atoms with Crippen LogP contribution >= 0.6 is 22.9 Å². The number of thiophene rings is 1. The Bertz CT molecular complexity index is 544. The van der Waals surface area contributed by atoms with E-state index in [1.54, 1.807) is 11.3 Å². The lowest BCUT2D eigenvalue weighted by molar-refractivity contribution is 0.0987. The molecule has 2 aromatic heterocycles. The van der Waals surface area contributed by atoms with Crippen molar-refractivity contribution in [3.8, 4) is 0 Å². The lowest BCUT2D eigenvalue weighted by Gasteiger charge is -2.34. The van der Waals surface area contributed by atoms with Gasteiger partial charge in [-0.15, -0.1) is 11.3 Å². The van der Waals surface area contributed by atoms with Gasteiger partial charge in [0.15, 0.2) is 0 Å². The number of hydrogen-bond donors (Lipinski definition) is 0. The number of anilines is 1. The molecule has 1 fully saturated rings. The molecule has 90 valence electrons. The zero-order chi connectivity index (χ0) is 11.8. The van der Waals surface area contributed by atoms with Crippen LogP contribution in [0.25, 0.3) is 10.9 Å². The van der Waals surface area contributed by atoms with Crippen LogP contribution in [0.4, 0.5) is 5.82 Å². The molecule has 0 spiro atoms. The van der Waals surface area contributed by atoms with Crippen molar-refractivity contribution in [2.24, 2.45) is 0 Å². The summed E-state index contributed by atoms with van der Waals surface area (Å²) in [5, 5.41) is 5.46. The fourth-order valence-electron chi connectivity index (χ4n) is 2.08. The van der Waals surface area contributed by atoms with Gasteiger partial charge in [-0.3, -0.25) is 0 Å². The molecular formula is C11H12ClN3OS. The van der Waals surface area contributed by atoms with Crippen LogP contribution in [-0.4, -0.2) is 35.8 Å². The minimum absolute atomic E-state index is 0.310. The second-order valence-corrected chi connectivity index (χ2v) is 5.19. The minimum atomic E-state index is 0.310. The molecule has 2 aromatic rings. The van der Waals surface area contributed by atoms with E-state index < -0.39 is 0 Å². The first-order valence-corrected chi connectivity index (χ1v) is 6.81. The third-order valence-corrected chi connectivity index (χ3v) is 3.83. The van der Waals surface area contributed by atoms with Gasteiger partial charge in [-0.05, 0) is 18.5 Å². The maximum atomic E-state index is 5.97. The van der Waals surface area contributed by atoms with Crippen LogP contribution in [-0.2, 0) is 4.74 Å². The normalized spacial score (nSPS) is 21.1. The van der Waals surface area contributed by atoms with E-state index in [4.69, 9.17) is 16.3 Å². The van der Waals surface area contributed by atoms with Gasteiger partial charge in [-0.2, -0.15) is 4.98 Å². The predicted octanol–water partition coefficient (Wildman–Crippen LogP) is 2.57. The number of aromatic nitrogens is 2. The largest absolute Gasteiger partial charge is 0.377 e. The summed E-state index contributed by atoms with van der Waals surface area (Å²) in [4.78, 5) is 10.8. The molecule has 0 N–H and O–H groups in total. The van der Waals surface area contributed by atoms with E-state index >= 15 is 0 Å². The van der Waals surface area contributed by atoms with Crippen molar-refractivity contribution in [1.82, 2.24) is 9.97 Å². The average Bonchev–Trinajstić information content (AvgIpc) is 2.76. The zero-order valence-corrected chi connectivity index (χ0v) is 11.0. The predicted molar refractivity (Wildman–Crippen MR) is 70.1 cm³/mol. The number of ether oxygens (including phenoxy) is 1. The molecule has 0 radical (unpaired) electrons. The molecule has 4 nitrogen and oxygen atoms in total. The summed E-state index contributed by atoms with van der Waals surface area (Å²) >= 11 is 7.59. The van der Waals surface area contributed by atoms with Gasteiger partial charge in [-0.25, -0.2) is 4.98 Å². The van der Waals surface area contributed by atoms with Crippen LogP contribution in [0.2, 0.25) is 5.28 Å². The highest BCUT2D eigenvalue weighted by Crippen LogP contribution is 2.30. The summed E-state index contributed by atoms with van der Waals surface area (Å²) in [5.74, 6) is 0.928. The first kappa shape index (κ1) is 11.2. The molecule has 0 saturated carbocycles. The minimum Gasteiger partial charge on any atom is -0.377 e. The van der Waals surface area contributed by atoms with E-state index in [2.05, 4.69) is 27.2 Å². The number of morpholine rings is 1. The fourth-order valence-corrected chi connectivity index (χ4v) is 2.99. The molecule has 1 aliphatic rings. The maximum Gasteiger partial charge on any atom is 0.224 e. The van der Waals surface area contributed by atoms with Crippen LogP contribution in [0.1, 0.15) is 6.92 Å². The van der Waals surface area contributed by atoms with Crippen LogP contribution in [0.15, 0.2) is 10.8 Å².